The molecule has 5 heteroatoms. The summed E-state index contributed by atoms with van der Waals surface area (Å²) in [6.45, 7) is 2.98. The molecule has 0 spiro atoms. The number of benzene rings is 1. The van der Waals surface area contributed by atoms with Gasteiger partial charge in [0.2, 0.25) is 5.91 Å². The Labute approximate surface area is 124 Å². The predicted molar refractivity (Wildman–Crippen MR) is 83.3 cm³/mol. The van der Waals surface area contributed by atoms with Crippen LogP contribution in [0.2, 0.25) is 0 Å². The lowest BCUT2D eigenvalue weighted by Gasteiger charge is -2.24. The van der Waals surface area contributed by atoms with Crippen molar-refractivity contribution in [1.29, 1.82) is 0 Å². The average molecular weight is 294 g/mol. The van der Waals surface area contributed by atoms with E-state index in [4.69, 9.17) is 4.74 Å². The summed E-state index contributed by atoms with van der Waals surface area (Å²) in [6, 6.07) is 8.03. The van der Waals surface area contributed by atoms with Crippen molar-refractivity contribution < 1.29 is 9.53 Å². The van der Waals surface area contributed by atoms with Crippen LogP contribution in [0.25, 0.3) is 0 Å². The molecular weight excluding hydrogens is 272 g/mol. The molecule has 1 fully saturated rings. The second kappa shape index (κ2) is 7.55. The Balaban J connectivity index is 1.89. The Morgan fingerprint density at radius 2 is 2.35 bits per heavy atom. The molecule has 1 aromatic carbocycles. The molecule has 1 aliphatic rings. The van der Waals surface area contributed by atoms with E-state index in [0.29, 0.717) is 12.5 Å². The Kier molecular flexibility index (Phi) is 5.73. The molecule has 1 saturated heterocycles. The minimum atomic E-state index is -0.0464. The molecule has 1 aromatic rings. The number of carbonyl (C=O) groups is 1. The molecule has 1 aliphatic heterocycles. The van der Waals surface area contributed by atoms with E-state index in [1.807, 2.05) is 43.0 Å². The largest absolute Gasteiger partial charge is 0.496 e. The lowest BCUT2D eigenvalue weighted by molar-refractivity contribution is -0.122. The number of para-hydroxylation sites is 1. The van der Waals surface area contributed by atoms with Crippen LogP contribution in [0.3, 0.4) is 0 Å². The second-order valence-corrected chi connectivity index (χ2v) is 6.11. The van der Waals surface area contributed by atoms with Gasteiger partial charge in [0.1, 0.15) is 5.75 Å². The van der Waals surface area contributed by atoms with Gasteiger partial charge in [-0.2, -0.15) is 11.8 Å². The molecule has 0 aliphatic carbocycles. The third-order valence-electron chi connectivity index (χ3n) is 3.41. The van der Waals surface area contributed by atoms with Gasteiger partial charge in [-0.1, -0.05) is 18.2 Å². The zero-order valence-corrected chi connectivity index (χ0v) is 12.8. The minimum Gasteiger partial charge on any atom is -0.496 e. The van der Waals surface area contributed by atoms with Gasteiger partial charge < -0.3 is 15.4 Å². The van der Waals surface area contributed by atoms with Crippen molar-refractivity contribution in [3.63, 3.8) is 0 Å². The number of thioether (sulfide) groups is 1. The highest BCUT2D eigenvalue weighted by molar-refractivity contribution is 7.99. The van der Waals surface area contributed by atoms with Gasteiger partial charge in [-0.3, -0.25) is 4.79 Å². The molecule has 0 aromatic heterocycles. The van der Waals surface area contributed by atoms with Gasteiger partial charge in [0.25, 0.3) is 0 Å². The summed E-state index contributed by atoms with van der Waals surface area (Å²) in [4.78, 5) is 12.1. The molecule has 0 saturated carbocycles. The molecule has 1 amide bonds. The lowest BCUT2D eigenvalue weighted by Crippen LogP contribution is -2.41. The molecule has 2 unspecified atom stereocenters. The van der Waals surface area contributed by atoms with E-state index in [2.05, 4.69) is 10.6 Å². The number of amides is 1. The van der Waals surface area contributed by atoms with Crippen LogP contribution in [0, 0.1) is 0 Å². The number of hydrogen-bond donors (Lipinski definition) is 2. The quantitative estimate of drug-likeness (QED) is 0.872. The average Bonchev–Trinajstić information content (AvgIpc) is 2.48. The predicted octanol–water partition coefficient (Wildman–Crippen LogP) is 1.97. The summed E-state index contributed by atoms with van der Waals surface area (Å²) in [5, 5.41) is 6.43. The van der Waals surface area contributed by atoms with Crippen LogP contribution < -0.4 is 15.4 Å². The number of carbonyl (C=O) groups excluding carboxylic acids is 1. The van der Waals surface area contributed by atoms with Crippen molar-refractivity contribution in [2.75, 3.05) is 25.2 Å². The van der Waals surface area contributed by atoms with Crippen molar-refractivity contribution >= 4 is 17.7 Å². The summed E-state index contributed by atoms with van der Waals surface area (Å²) in [7, 11) is 1.65. The van der Waals surface area contributed by atoms with Crippen LogP contribution in [0.15, 0.2) is 24.3 Å². The first-order chi connectivity index (χ1) is 9.70. The third kappa shape index (κ3) is 4.15. The topological polar surface area (TPSA) is 50.4 Å². The highest BCUT2D eigenvalue weighted by Gasteiger charge is 2.19. The maximum atomic E-state index is 12.1. The Bertz CT molecular complexity index is 447. The fraction of sp³-hybridized carbons (Fsp3) is 0.533. The Morgan fingerprint density at radius 1 is 1.55 bits per heavy atom. The van der Waals surface area contributed by atoms with Gasteiger partial charge in [0.05, 0.1) is 13.2 Å². The molecule has 20 heavy (non-hydrogen) atoms. The molecule has 110 valence electrons. The van der Waals surface area contributed by atoms with Crippen LogP contribution in [0.1, 0.15) is 24.9 Å². The number of ether oxygens (including phenoxy) is 1. The smallest absolute Gasteiger partial charge is 0.222 e. The first kappa shape index (κ1) is 15.2. The highest BCUT2D eigenvalue weighted by atomic mass is 32.2. The van der Waals surface area contributed by atoms with Crippen molar-refractivity contribution in [3.05, 3.63) is 29.8 Å². The number of methoxy groups -OCH3 is 1. The van der Waals surface area contributed by atoms with Gasteiger partial charge in [0.15, 0.2) is 0 Å². The fourth-order valence-electron chi connectivity index (χ4n) is 2.38. The fourth-order valence-corrected chi connectivity index (χ4v) is 3.33. The molecule has 1 heterocycles. The zero-order valence-electron chi connectivity index (χ0n) is 12.0. The van der Waals surface area contributed by atoms with E-state index in [9.17, 15) is 4.79 Å². The molecule has 2 rings (SSSR count). The molecule has 2 N–H and O–H groups in total. The highest BCUT2D eigenvalue weighted by Crippen LogP contribution is 2.24. The van der Waals surface area contributed by atoms with Gasteiger partial charge in [-0.25, -0.2) is 0 Å². The molecule has 0 bridgehead atoms. The van der Waals surface area contributed by atoms with Crippen LogP contribution >= 0.6 is 11.8 Å². The third-order valence-corrected chi connectivity index (χ3v) is 4.54. The van der Waals surface area contributed by atoms with Gasteiger partial charge in [0, 0.05) is 36.1 Å². The number of nitrogens with one attached hydrogen (secondary N) is 2. The van der Waals surface area contributed by atoms with Gasteiger partial charge in [-0.15, -0.1) is 0 Å². The molecular formula is C15H22N2O2S. The number of hydrogen-bond acceptors (Lipinski definition) is 4. The van der Waals surface area contributed by atoms with E-state index in [0.717, 1.165) is 29.4 Å². The molecule has 2 atom stereocenters. The Morgan fingerprint density at radius 3 is 3.05 bits per heavy atom. The standard InChI is InChI=1S/C15H22N2O2S/c1-11(13-5-3-4-6-14(13)19-2)17-15(18)9-12-10-20-8-7-16-12/h3-6,11-12,16H,7-10H2,1-2H3,(H,17,18). The first-order valence-corrected chi connectivity index (χ1v) is 8.09. The van der Waals surface area contributed by atoms with E-state index in [1.54, 1.807) is 7.11 Å². The van der Waals surface area contributed by atoms with Crippen molar-refractivity contribution in [3.8, 4) is 5.75 Å². The van der Waals surface area contributed by atoms with Crippen LogP contribution in [-0.4, -0.2) is 37.1 Å². The monoisotopic (exact) mass is 294 g/mol. The molecule has 0 radical (unpaired) electrons. The summed E-state index contributed by atoms with van der Waals surface area (Å²) in [5.74, 6) is 3.04. The normalized spacial score (nSPS) is 20.2. The van der Waals surface area contributed by atoms with E-state index in [1.165, 1.54) is 0 Å². The summed E-state index contributed by atoms with van der Waals surface area (Å²) in [5.41, 5.74) is 1.01. The van der Waals surface area contributed by atoms with Crippen LogP contribution in [-0.2, 0) is 4.79 Å². The zero-order chi connectivity index (χ0) is 14.4. The van der Waals surface area contributed by atoms with E-state index in [-0.39, 0.29) is 11.9 Å². The summed E-state index contributed by atoms with van der Waals surface area (Å²) < 4.78 is 5.33. The summed E-state index contributed by atoms with van der Waals surface area (Å²) in [6.07, 6.45) is 0.534. The van der Waals surface area contributed by atoms with Crippen LogP contribution in [0.4, 0.5) is 0 Å². The molecule has 4 nitrogen and oxygen atoms in total. The second-order valence-electron chi connectivity index (χ2n) is 4.96. The Hall–Kier alpha value is -1.20. The van der Waals surface area contributed by atoms with Crippen LogP contribution in [0.5, 0.6) is 5.75 Å². The maximum Gasteiger partial charge on any atom is 0.222 e. The van der Waals surface area contributed by atoms with Crippen molar-refractivity contribution in [1.82, 2.24) is 10.6 Å². The summed E-state index contributed by atoms with van der Waals surface area (Å²) >= 11 is 1.90. The van der Waals surface area contributed by atoms with Gasteiger partial charge in [-0.05, 0) is 13.0 Å². The maximum absolute atomic E-state index is 12.1. The number of rotatable bonds is 5. The lowest BCUT2D eigenvalue weighted by atomic mass is 10.1. The van der Waals surface area contributed by atoms with Gasteiger partial charge >= 0.3 is 0 Å². The SMILES string of the molecule is COc1ccccc1C(C)NC(=O)CC1CSCCN1. The van der Waals surface area contributed by atoms with E-state index >= 15 is 0 Å². The van der Waals surface area contributed by atoms with Crippen molar-refractivity contribution in [2.24, 2.45) is 0 Å². The van der Waals surface area contributed by atoms with E-state index < -0.39 is 0 Å². The van der Waals surface area contributed by atoms with Crippen molar-refractivity contribution in [2.45, 2.75) is 25.4 Å². The first-order valence-electron chi connectivity index (χ1n) is 6.94. The minimum absolute atomic E-state index is 0.0464.